The molecule has 13 heavy (non-hydrogen) atoms. The topological polar surface area (TPSA) is 38.3 Å². The van der Waals surface area contributed by atoms with Crippen LogP contribution < -0.4 is 5.32 Å². The number of hydrogen-bond donors (Lipinski definition) is 1. The highest BCUT2D eigenvalue weighted by atomic mass is 16.5. The number of carbonyl (C=O) groups is 1. The van der Waals surface area contributed by atoms with Crippen LogP contribution >= 0.6 is 0 Å². The summed E-state index contributed by atoms with van der Waals surface area (Å²) < 4.78 is 5.23. The Bertz CT molecular complexity index is 177. The van der Waals surface area contributed by atoms with Gasteiger partial charge in [-0.15, -0.1) is 0 Å². The fraction of sp³-hybridized carbons (Fsp3) is 0.700. The molecule has 0 atom stereocenters. The predicted molar refractivity (Wildman–Crippen MR) is 53.2 cm³/mol. The second-order valence-corrected chi connectivity index (χ2v) is 3.03. The van der Waals surface area contributed by atoms with E-state index < -0.39 is 0 Å². The largest absolute Gasteiger partial charge is 0.479 e. The summed E-state index contributed by atoms with van der Waals surface area (Å²) in [6.45, 7) is 8.93. The van der Waals surface area contributed by atoms with Crippen molar-refractivity contribution in [1.29, 1.82) is 0 Å². The maximum Gasteiger partial charge on any atom is 0.190 e. The number of rotatable bonds is 6. The van der Waals surface area contributed by atoms with E-state index in [2.05, 4.69) is 5.32 Å². The van der Waals surface area contributed by atoms with Crippen LogP contribution in [0.3, 0.4) is 0 Å². The number of carbonyl (C=O) groups excluding carboxylic acids is 1. The second-order valence-electron chi connectivity index (χ2n) is 3.03. The quantitative estimate of drug-likeness (QED) is 0.505. The molecule has 3 heteroatoms. The van der Waals surface area contributed by atoms with E-state index in [-0.39, 0.29) is 11.7 Å². The molecule has 0 saturated heterocycles. The highest BCUT2D eigenvalue weighted by molar-refractivity contribution is 5.91. The molecular weight excluding hydrogens is 166 g/mol. The van der Waals surface area contributed by atoms with Crippen LogP contribution in [-0.4, -0.2) is 18.9 Å². The maximum atomic E-state index is 11.3. The first kappa shape index (κ1) is 12.0. The summed E-state index contributed by atoms with van der Waals surface area (Å²) in [6, 6.07) is 0. The van der Waals surface area contributed by atoms with Crippen LogP contribution in [0.25, 0.3) is 0 Å². The third-order valence-corrected chi connectivity index (χ3v) is 1.49. The Balaban J connectivity index is 4.24. The van der Waals surface area contributed by atoms with E-state index in [1.807, 2.05) is 27.7 Å². The normalized spacial score (nSPS) is 11.6. The Morgan fingerprint density at radius 2 is 2.08 bits per heavy atom. The van der Waals surface area contributed by atoms with Crippen molar-refractivity contribution in [3.8, 4) is 0 Å². The van der Waals surface area contributed by atoms with Gasteiger partial charge in [0.15, 0.2) is 11.7 Å². The lowest BCUT2D eigenvalue weighted by Gasteiger charge is -2.09. The number of allylic oxidation sites excluding steroid dienone is 1. The molecule has 0 saturated carbocycles. The van der Waals surface area contributed by atoms with Gasteiger partial charge in [-0.1, -0.05) is 13.8 Å². The van der Waals surface area contributed by atoms with E-state index in [1.54, 1.807) is 0 Å². The third-order valence-electron chi connectivity index (χ3n) is 1.49. The van der Waals surface area contributed by atoms with Crippen molar-refractivity contribution in [2.45, 2.75) is 27.7 Å². The van der Waals surface area contributed by atoms with E-state index in [9.17, 15) is 4.79 Å². The van der Waals surface area contributed by atoms with Gasteiger partial charge in [0.25, 0.3) is 0 Å². The van der Waals surface area contributed by atoms with Gasteiger partial charge in [0, 0.05) is 18.5 Å². The van der Waals surface area contributed by atoms with Crippen molar-refractivity contribution in [2.24, 2.45) is 5.92 Å². The molecule has 0 bridgehead atoms. The fourth-order valence-electron chi connectivity index (χ4n) is 0.769. The average molecular weight is 185 g/mol. The molecule has 1 N–H and O–H groups in total. The molecule has 0 aliphatic heterocycles. The molecule has 0 aliphatic rings. The van der Waals surface area contributed by atoms with Gasteiger partial charge in [-0.05, 0) is 13.8 Å². The molecule has 0 spiro atoms. The SMILES string of the molecule is CCN/C(=C\C(=O)C(C)C)OCC. The van der Waals surface area contributed by atoms with Crippen molar-refractivity contribution in [3.63, 3.8) is 0 Å². The molecule has 0 aromatic rings. The third kappa shape index (κ3) is 5.28. The van der Waals surface area contributed by atoms with Crippen LogP contribution in [-0.2, 0) is 9.53 Å². The molecule has 0 aliphatic carbocycles. The van der Waals surface area contributed by atoms with Crippen LogP contribution in [0.2, 0.25) is 0 Å². The molecule has 0 aromatic heterocycles. The first-order chi connectivity index (χ1) is 6.11. The number of nitrogens with one attached hydrogen (secondary N) is 1. The summed E-state index contributed by atoms with van der Waals surface area (Å²) in [5.74, 6) is 0.683. The molecule has 0 fully saturated rings. The number of ketones is 1. The minimum atomic E-state index is 0.0223. The second kappa shape index (κ2) is 6.52. The Morgan fingerprint density at radius 1 is 1.46 bits per heavy atom. The Hall–Kier alpha value is -0.990. The van der Waals surface area contributed by atoms with E-state index in [0.717, 1.165) is 6.54 Å². The lowest BCUT2D eigenvalue weighted by atomic mass is 10.1. The lowest BCUT2D eigenvalue weighted by Crippen LogP contribution is -2.17. The minimum Gasteiger partial charge on any atom is -0.479 e. The smallest absolute Gasteiger partial charge is 0.190 e. The van der Waals surface area contributed by atoms with Crippen LogP contribution in [0.4, 0.5) is 0 Å². The molecule has 3 nitrogen and oxygen atoms in total. The number of hydrogen-bond acceptors (Lipinski definition) is 3. The Kier molecular flexibility index (Phi) is 6.02. The molecule has 0 unspecified atom stereocenters. The van der Waals surface area contributed by atoms with Gasteiger partial charge in [0.05, 0.1) is 6.61 Å². The Morgan fingerprint density at radius 3 is 2.46 bits per heavy atom. The van der Waals surface area contributed by atoms with Crippen molar-refractivity contribution >= 4 is 5.78 Å². The molecule has 0 radical (unpaired) electrons. The highest BCUT2D eigenvalue weighted by Gasteiger charge is 2.05. The summed E-state index contributed by atoms with van der Waals surface area (Å²) in [5.41, 5.74) is 0. The van der Waals surface area contributed by atoms with Gasteiger partial charge in [-0.25, -0.2) is 0 Å². The molecule has 0 aromatic carbocycles. The van der Waals surface area contributed by atoms with Crippen LogP contribution in [0.1, 0.15) is 27.7 Å². The Labute approximate surface area is 80.2 Å². The van der Waals surface area contributed by atoms with Crippen molar-refractivity contribution in [1.82, 2.24) is 5.32 Å². The lowest BCUT2D eigenvalue weighted by molar-refractivity contribution is -0.117. The average Bonchev–Trinajstić information content (AvgIpc) is 2.05. The van der Waals surface area contributed by atoms with E-state index in [4.69, 9.17) is 4.74 Å². The van der Waals surface area contributed by atoms with E-state index in [1.165, 1.54) is 6.08 Å². The van der Waals surface area contributed by atoms with Crippen LogP contribution in [0.15, 0.2) is 12.0 Å². The minimum absolute atomic E-state index is 0.0223. The summed E-state index contributed by atoms with van der Waals surface area (Å²) in [5, 5.41) is 2.99. The zero-order valence-corrected chi connectivity index (χ0v) is 8.89. The van der Waals surface area contributed by atoms with Crippen molar-refractivity contribution in [3.05, 3.63) is 12.0 Å². The first-order valence-electron chi connectivity index (χ1n) is 4.74. The molecule has 0 rings (SSSR count). The number of ether oxygens (including phenoxy) is 1. The summed E-state index contributed by atoms with van der Waals surface area (Å²) in [4.78, 5) is 11.3. The molecule has 76 valence electrons. The van der Waals surface area contributed by atoms with Crippen molar-refractivity contribution in [2.75, 3.05) is 13.2 Å². The predicted octanol–water partition coefficient (Wildman–Crippen LogP) is 1.70. The van der Waals surface area contributed by atoms with Gasteiger partial charge in [-0.3, -0.25) is 4.79 Å². The summed E-state index contributed by atoms with van der Waals surface area (Å²) >= 11 is 0. The molecule has 0 heterocycles. The van der Waals surface area contributed by atoms with E-state index >= 15 is 0 Å². The standard InChI is InChI=1S/C10H19NO2/c1-5-11-10(13-6-2)7-9(12)8(3)4/h7-8,11H,5-6H2,1-4H3/b10-7+. The fourth-order valence-corrected chi connectivity index (χ4v) is 0.769. The molecular formula is C10H19NO2. The molecule has 0 amide bonds. The van der Waals surface area contributed by atoms with Gasteiger partial charge >= 0.3 is 0 Å². The summed E-state index contributed by atoms with van der Waals surface area (Å²) in [7, 11) is 0. The van der Waals surface area contributed by atoms with Crippen molar-refractivity contribution < 1.29 is 9.53 Å². The van der Waals surface area contributed by atoms with Gasteiger partial charge < -0.3 is 10.1 Å². The first-order valence-corrected chi connectivity index (χ1v) is 4.74. The highest BCUT2D eigenvalue weighted by Crippen LogP contribution is 2.00. The van der Waals surface area contributed by atoms with Crippen LogP contribution in [0.5, 0.6) is 0 Å². The maximum absolute atomic E-state index is 11.3. The van der Waals surface area contributed by atoms with Gasteiger partial charge in [0.1, 0.15) is 0 Å². The zero-order chi connectivity index (χ0) is 10.3. The van der Waals surface area contributed by atoms with Crippen LogP contribution in [0, 0.1) is 5.92 Å². The summed E-state index contributed by atoms with van der Waals surface area (Å²) in [6.07, 6.45) is 1.53. The monoisotopic (exact) mass is 185 g/mol. The zero-order valence-electron chi connectivity index (χ0n) is 8.89. The van der Waals surface area contributed by atoms with Gasteiger partial charge in [-0.2, -0.15) is 0 Å². The van der Waals surface area contributed by atoms with Gasteiger partial charge in [0.2, 0.25) is 0 Å². The van der Waals surface area contributed by atoms with E-state index in [0.29, 0.717) is 12.5 Å².